The van der Waals surface area contributed by atoms with Crippen LogP contribution in [0.25, 0.3) is 10.8 Å². The van der Waals surface area contributed by atoms with E-state index in [0.717, 1.165) is 32.8 Å². The van der Waals surface area contributed by atoms with Crippen molar-refractivity contribution < 1.29 is 14.3 Å². The van der Waals surface area contributed by atoms with Crippen molar-refractivity contribution in [1.82, 2.24) is 10.2 Å². The molecule has 3 aromatic rings. The molecule has 0 spiro atoms. The molecule has 1 N–H and O–H groups in total. The number of hydrogen-bond acceptors (Lipinski definition) is 3. The van der Waals surface area contributed by atoms with Gasteiger partial charge in [0.15, 0.2) is 6.61 Å². The van der Waals surface area contributed by atoms with E-state index in [1.165, 1.54) is 0 Å². The van der Waals surface area contributed by atoms with Gasteiger partial charge in [-0.1, -0.05) is 68.4 Å². The fourth-order valence-electron chi connectivity index (χ4n) is 3.88. The minimum absolute atomic E-state index is 0.0433. The monoisotopic (exact) mass is 524 g/mol. The first-order valence-electron chi connectivity index (χ1n) is 11.8. The molecule has 3 aromatic carbocycles. The molecule has 180 valence electrons. The Morgan fingerprint density at radius 2 is 1.71 bits per heavy atom. The average Bonchev–Trinajstić information content (AvgIpc) is 2.84. The maximum atomic E-state index is 13.5. The van der Waals surface area contributed by atoms with Gasteiger partial charge in [-0.2, -0.15) is 0 Å². The standard InChI is InChI=1S/C28H33BrN2O3/c1-5-20(4)30-28(33)24(6-2)31(17-22-13-8-7-11-19(22)3)26(32)18-34-25-16-15-21-12-9-10-14-23(21)27(25)29/h7-16,20,24H,5-6,17-18H2,1-4H3,(H,30,33)/t20-,24+/m0/s1. The fourth-order valence-corrected chi connectivity index (χ4v) is 4.49. The molecule has 6 heteroatoms. The molecule has 0 aliphatic carbocycles. The second kappa shape index (κ2) is 12.0. The van der Waals surface area contributed by atoms with Crippen LogP contribution in [0.3, 0.4) is 0 Å². The summed E-state index contributed by atoms with van der Waals surface area (Å²) < 4.78 is 6.77. The van der Waals surface area contributed by atoms with Gasteiger partial charge < -0.3 is 15.0 Å². The van der Waals surface area contributed by atoms with Gasteiger partial charge in [0.1, 0.15) is 11.8 Å². The molecule has 0 aliphatic rings. The lowest BCUT2D eigenvalue weighted by Crippen LogP contribution is -2.51. The van der Waals surface area contributed by atoms with E-state index in [4.69, 9.17) is 4.74 Å². The maximum Gasteiger partial charge on any atom is 0.261 e. The van der Waals surface area contributed by atoms with E-state index >= 15 is 0 Å². The van der Waals surface area contributed by atoms with Crippen LogP contribution in [0.1, 0.15) is 44.7 Å². The zero-order valence-electron chi connectivity index (χ0n) is 20.3. The van der Waals surface area contributed by atoms with Gasteiger partial charge in [0, 0.05) is 12.6 Å². The predicted octanol–water partition coefficient (Wildman–Crippen LogP) is 6.01. The molecule has 0 bridgehead atoms. The Kier molecular flexibility index (Phi) is 9.11. The Balaban J connectivity index is 1.84. The largest absolute Gasteiger partial charge is 0.483 e. The van der Waals surface area contributed by atoms with Gasteiger partial charge in [-0.05, 0) is 70.6 Å². The third-order valence-electron chi connectivity index (χ3n) is 6.17. The number of ether oxygens (including phenoxy) is 1. The number of rotatable bonds is 10. The lowest BCUT2D eigenvalue weighted by Gasteiger charge is -2.31. The van der Waals surface area contributed by atoms with Crippen molar-refractivity contribution in [2.24, 2.45) is 0 Å². The topological polar surface area (TPSA) is 58.6 Å². The number of nitrogens with zero attached hydrogens (tertiary/aromatic N) is 1. The second-order valence-electron chi connectivity index (χ2n) is 8.58. The van der Waals surface area contributed by atoms with Gasteiger partial charge >= 0.3 is 0 Å². The number of halogens is 1. The van der Waals surface area contributed by atoms with Gasteiger partial charge in [-0.15, -0.1) is 0 Å². The third kappa shape index (κ3) is 6.17. The van der Waals surface area contributed by atoms with E-state index in [0.29, 0.717) is 18.7 Å². The fraction of sp³-hybridized carbons (Fsp3) is 0.357. The van der Waals surface area contributed by atoms with Crippen molar-refractivity contribution in [1.29, 1.82) is 0 Å². The number of carbonyl (C=O) groups excluding carboxylic acids is 2. The van der Waals surface area contributed by atoms with Gasteiger partial charge in [0.25, 0.3) is 5.91 Å². The predicted molar refractivity (Wildman–Crippen MR) is 141 cm³/mol. The third-order valence-corrected chi connectivity index (χ3v) is 6.99. The minimum atomic E-state index is -0.579. The van der Waals surface area contributed by atoms with E-state index in [1.54, 1.807) is 4.90 Å². The molecule has 0 aliphatic heterocycles. The van der Waals surface area contributed by atoms with Gasteiger partial charge in [-0.25, -0.2) is 0 Å². The zero-order valence-corrected chi connectivity index (χ0v) is 21.9. The van der Waals surface area contributed by atoms with Crippen molar-refractivity contribution >= 4 is 38.5 Å². The molecule has 0 aromatic heterocycles. The van der Waals surface area contributed by atoms with Crippen LogP contribution in [0.4, 0.5) is 0 Å². The van der Waals surface area contributed by atoms with Crippen molar-refractivity contribution in [3.05, 3.63) is 76.3 Å². The van der Waals surface area contributed by atoms with Crippen molar-refractivity contribution in [2.45, 2.75) is 59.2 Å². The Morgan fingerprint density at radius 1 is 1.00 bits per heavy atom. The van der Waals surface area contributed by atoms with Crippen LogP contribution in [0.5, 0.6) is 5.75 Å². The van der Waals surface area contributed by atoms with Crippen molar-refractivity contribution in [3.8, 4) is 5.75 Å². The van der Waals surface area contributed by atoms with E-state index in [2.05, 4.69) is 21.2 Å². The van der Waals surface area contributed by atoms with Crippen LogP contribution in [0.2, 0.25) is 0 Å². The van der Waals surface area contributed by atoms with Crippen LogP contribution in [0, 0.1) is 6.92 Å². The Labute approximate surface area is 210 Å². The molecule has 0 fully saturated rings. The number of hydrogen-bond donors (Lipinski definition) is 1. The first-order valence-corrected chi connectivity index (χ1v) is 12.6. The van der Waals surface area contributed by atoms with Crippen LogP contribution < -0.4 is 10.1 Å². The Hall–Kier alpha value is -2.86. The zero-order chi connectivity index (χ0) is 24.7. The van der Waals surface area contributed by atoms with Crippen molar-refractivity contribution in [2.75, 3.05) is 6.61 Å². The summed E-state index contributed by atoms with van der Waals surface area (Å²) in [6.45, 7) is 8.13. The molecule has 5 nitrogen and oxygen atoms in total. The van der Waals surface area contributed by atoms with E-state index in [1.807, 2.05) is 88.4 Å². The summed E-state index contributed by atoms with van der Waals surface area (Å²) in [5, 5.41) is 5.14. The number of carbonyl (C=O) groups is 2. The van der Waals surface area contributed by atoms with Crippen LogP contribution >= 0.6 is 15.9 Å². The molecule has 2 amide bonds. The van der Waals surface area contributed by atoms with Crippen LogP contribution in [-0.2, 0) is 16.1 Å². The molecule has 0 heterocycles. The lowest BCUT2D eigenvalue weighted by molar-refractivity contribution is -0.143. The first kappa shape index (κ1) is 25.8. The Morgan fingerprint density at radius 3 is 2.41 bits per heavy atom. The van der Waals surface area contributed by atoms with Gasteiger partial charge in [0.2, 0.25) is 5.91 Å². The highest BCUT2D eigenvalue weighted by molar-refractivity contribution is 9.10. The van der Waals surface area contributed by atoms with Crippen LogP contribution in [0.15, 0.2) is 65.1 Å². The summed E-state index contributed by atoms with van der Waals surface area (Å²) in [5.41, 5.74) is 2.09. The minimum Gasteiger partial charge on any atom is -0.483 e. The molecule has 0 saturated carbocycles. The maximum absolute atomic E-state index is 13.5. The summed E-state index contributed by atoms with van der Waals surface area (Å²) in [4.78, 5) is 28.2. The SMILES string of the molecule is CC[C@H](C(=O)N[C@@H](C)CC)N(Cc1ccccc1C)C(=O)COc1ccc2ccccc2c1Br. The van der Waals surface area contributed by atoms with Crippen molar-refractivity contribution in [3.63, 3.8) is 0 Å². The van der Waals surface area contributed by atoms with Gasteiger partial charge in [-0.3, -0.25) is 9.59 Å². The van der Waals surface area contributed by atoms with Gasteiger partial charge in [0.05, 0.1) is 4.47 Å². The molecule has 0 unspecified atom stereocenters. The molecule has 0 radical (unpaired) electrons. The number of fused-ring (bicyclic) bond motifs is 1. The summed E-state index contributed by atoms with van der Waals surface area (Å²) in [5.74, 6) is 0.236. The molecule has 34 heavy (non-hydrogen) atoms. The molecular formula is C28H33BrN2O3. The molecule has 0 saturated heterocycles. The van der Waals surface area contributed by atoms with E-state index < -0.39 is 6.04 Å². The highest BCUT2D eigenvalue weighted by atomic mass is 79.9. The molecule has 2 atom stereocenters. The summed E-state index contributed by atoms with van der Waals surface area (Å²) in [7, 11) is 0. The molecule has 3 rings (SSSR count). The smallest absolute Gasteiger partial charge is 0.261 e. The summed E-state index contributed by atoms with van der Waals surface area (Å²) >= 11 is 3.62. The average molecular weight is 525 g/mol. The van der Waals surface area contributed by atoms with E-state index in [9.17, 15) is 9.59 Å². The normalized spacial score (nSPS) is 12.7. The number of amides is 2. The number of aryl methyl sites for hydroxylation is 1. The highest BCUT2D eigenvalue weighted by Gasteiger charge is 2.30. The highest BCUT2D eigenvalue weighted by Crippen LogP contribution is 2.33. The number of benzene rings is 3. The molecular weight excluding hydrogens is 492 g/mol. The second-order valence-corrected chi connectivity index (χ2v) is 9.37. The van der Waals surface area contributed by atoms with Crippen LogP contribution in [-0.4, -0.2) is 35.4 Å². The lowest BCUT2D eigenvalue weighted by atomic mass is 10.1. The quantitative estimate of drug-likeness (QED) is 0.353. The number of nitrogens with one attached hydrogen (secondary N) is 1. The van der Waals surface area contributed by atoms with E-state index in [-0.39, 0.29) is 24.5 Å². The first-order chi connectivity index (χ1) is 16.3. The summed E-state index contributed by atoms with van der Waals surface area (Å²) in [6, 6.07) is 19.2. The summed E-state index contributed by atoms with van der Waals surface area (Å²) in [6.07, 6.45) is 1.34. The Bertz CT molecular complexity index is 1150.